The molecule has 23 heteroatoms. The molecule has 1 saturated carbocycles. The maximum atomic E-state index is 16.0. The van der Waals surface area contributed by atoms with Gasteiger partial charge in [-0.1, -0.05) is 11.6 Å². The average molecular weight is 871 g/mol. The summed E-state index contributed by atoms with van der Waals surface area (Å²) in [6.45, 7) is -1.10. The molecule has 2 aliphatic rings. The Kier molecular flexibility index (Phi) is 9.44. The predicted molar refractivity (Wildman–Crippen MR) is 194 cm³/mol. The lowest BCUT2D eigenvalue weighted by molar-refractivity contribution is -0.123. The van der Waals surface area contributed by atoms with Gasteiger partial charge in [-0.3, -0.25) is 28.2 Å². The molecular weight excluding hydrogens is 844 g/mol. The molecule has 3 heterocycles. The molecule has 3 aromatic carbocycles. The minimum Gasteiger partial charge on any atom is -0.491 e. The second kappa shape index (κ2) is 13.9. The van der Waals surface area contributed by atoms with Gasteiger partial charge < -0.3 is 10.1 Å². The summed E-state index contributed by atoms with van der Waals surface area (Å²) < 4.78 is 153. The van der Waals surface area contributed by atoms with Gasteiger partial charge in [-0.2, -0.15) is 19.0 Å². The summed E-state index contributed by atoms with van der Waals surface area (Å²) >= 11 is 6.51. The number of methoxy groups -OCH3 is 1. The van der Waals surface area contributed by atoms with Crippen LogP contribution in [0.1, 0.15) is 53.1 Å². The number of nitrogens with one attached hydrogen (secondary N) is 2. The Morgan fingerprint density at radius 3 is 2.42 bits per heavy atom. The fourth-order valence-electron chi connectivity index (χ4n) is 7.82. The summed E-state index contributed by atoms with van der Waals surface area (Å²) in [5, 5.41) is 9.45. The maximum absolute atomic E-state index is 16.0. The van der Waals surface area contributed by atoms with Crippen molar-refractivity contribution < 1.29 is 53.1 Å². The monoisotopic (exact) mass is 870 g/mol. The van der Waals surface area contributed by atoms with Crippen LogP contribution in [0.3, 0.4) is 0 Å². The molecule has 0 radical (unpaired) electrons. The number of carbonyl (C=O) groups is 1. The second-order valence-electron chi connectivity index (χ2n) is 14.1. The standard InChI is InChI=1S/C36H27ClF8N8O5S/c1-51-29-22(5-4-19(37)25(29)33(49-51)50-59(3,56)57)53-34(47-27-17(35(53)55)11-20(40)30(58-2)26(27)41)21(8-13-6-14(38)9-15(39)7-13)46-23(54)12-52-31-24(28(48-52)32(42)43)16-10-18(16)36(31,44)45/h4-7,9,11,16,18,21,32H,8,10,12H2,1-3H3,(H,46,54)(H,49,50)/t16-,18+,21-/m0/s1. The first-order valence-electron chi connectivity index (χ1n) is 17.3. The minimum absolute atomic E-state index is 0.0548. The molecule has 1 amide bonds. The number of sulfonamides is 1. The van der Waals surface area contributed by atoms with Gasteiger partial charge in [0.25, 0.3) is 17.9 Å². The van der Waals surface area contributed by atoms with E-state index in [2.05, 4.69) is 25.2 Å². The van der Waals surface area contributed by atoms with E-state index >= 15 is 17.6 Å². The Labute approximate surface area is 331 Å². The fourth-order valence-corrected chi connectivity index (χ4v) is 8.55. The van der Waals surface area contributed by atoms with Crippen molar-refractivity contribution in [1.29, 1.82) is 0 Å². The van der Waals surface area contributed by atoms with Gasteiger partial charge in [0.2, 0.25) is 15.9 Å². The third-order valence-corrected chi connectivity index (χ3v) is 11.0. The van der Waals surface area contributed by atoms with Crippen molar-refractivity contribution in [3.63, 3.8) is 0 Å². The van der Waals surface area contributed by atoms with Gasteiger partial charge >= 0.3 is 0 Å². The van der Waals surface area contributed by atoms with Gasteiger partial charge in [0.15, 0.2) is 23.2 Å². The maximum Gasteiger partial charge on any atom is 0.293 e. The molecule has 0 saturated heterocycles. The molecule has 2 N–H and O–H groups in total. The largest absolute Gasteiger partial charge is 0.491 e. The molecule has 6 aromatic rings. The third kappa shape index (κ3) is 6.70. The van der Waals surface area contributed by atoms with Crippen molar-refractivity contribution in [3.8, 4) is 11.4 Å². The number of halogens is 9. The van der Waals surface area contributed by atoms with Crippen molar-refractivity contribution in [2.45, 2.75) is 43.7 Å². The zero-order valence-corrected chi connectivity index (χ0v) is 32.0. The van der Waals surface area contributed by atoms with E-state index in [1.165, 1.54) is 19.2 Å². The quantitative estimate of drug-likeness (QED) is 0.144. The molecule has 3 atom stereocenters. The summed E-state index contributed by atoms with van der Waals surface area (Å²) in [6, 6.07) is 3.57. The van der Waals surface area contributed by atoms with Crippen LogP contribution in [-0.2, 0) is 40.8 Å². The van der Waals surface area contributed by atoms with Gasteiger partial charge in [0, 0.05) is 31.0 Å². The molecule has 310 valence electrons. The number of ether oxygens (including phenoxy) is 1. The van der Waals surface area contributed by atoms with Crippen molar-refractivity contribution in [1.82, 2.24) is 34.4 Å². The van der Waals surface area contributed by atoms with E-state index in [9.17, 15) is 35.6 Å². The van der Waals surface area contributed by atoms with Crippen molar-refractivity contribution in [3.05, 3.63) is 103 Å². The average Bonchev–Trinajstić information content (AvgIpc) is 3.67. The normalized spacial score (nSPS) is 17.4. The van der Waals surface area contributed by atoms with Crippen LogP contribution in [0.25, 0.3) is 27.5 Å². The zero-order valence-electron chi connectivity index (χ0n) is 30.4. The summed E-state index contributed by atoms with van der Waals surface area (Å²) in [6.07, 6.45) is -3.14. The summed E-state index contributed by atoms with van der Waals surface area (Å²) in [5.74, 6) is -13.8. The Morgan fingerprint density at radius 1 is 1.08 bits per heavy atom. The van der Waals surface area contributed by atoms with E-state index in [-0.39, 0.29) is 45.0 Å². The van der Waals surface area contributed by atoms with Crippen molar-refractivity contribution in [2.75, 3.05) is 18.1 Å². The van der Waals surface area contributed by atoms with Crippen LogP contribution < -0.4 is 20.3 Å². The number of benzene rings is 3. The van der Waals surface area contributed by atoms with Gasteiger partial charge in [-0.05, 0) is 48.2 Å². The van der Waals surface area contributed by atoms with E-state index in [4.69, 9.17) is 16.3 Å². The van der Waals surface area contributed by atoms with Crippen molar-refractivity contribution >= 4 is 55.2 Å². The zero-order chi connectivity index (χ0) is 42.6. The third-order valence-electron chi connectivity index (χ3n) is 10.2. The molecule has 8 rings (SSSR count). The Hall–Kier alpha value is -5.77. The molecule has 0 bridgehead atoms. The Balaban J connectivity index is 1.36. The first kappa shape index (κ1) is 40.0. The van der Waals surface area contributed by atoms with E-state index < -0.39 is 122 Å². The highest BCUT2D eigenvalue weighted by Gasteiger charge is 2.67. The summed E-state index contributed by atoms with van der Waals surface area (Å²) in [4.78, 5) is 32.9. The molecule has 0 unspecified atom stereocenters. The summed E-state index contributed by atoms with van der Waals surface area (Å²) in [5.41, 5.74) is -4.63. The molecule has 0 aliphatic heterocycles. The molecule has 0 spiro atoms. The van der Waals surface area contributed by atoms with E-state index in [1.807, 2.05) is 0 Å². The molecule has 2 aliphatic carbocycles. The lowest BCUT2D eigenvalue weighted by atomic mass is 10.0. The number of aryl methyl sites for hydroxylation is 1. The van der Waals surface area contributed by atoms with Gasteiger partial charge in [-0.15, -0.1) is 0 Å². The number of fused-ring (bicyclic) bond motifs is 5. The van der Waals surface area contributed by atoms with Crippen LogP contribution in [0.2, 0.25) is 5.02 Å². The van der Waals surface area contributed by atoms with Gasteiger partial charge in [0.1, 0.15) is 40.9 Å². The van der Waals surface area contributed by atoms with Crippen LogP contribution >= 0.6 is 11.6 Å². The van der Waals surface area contributed by atoms with Crippen LogP contribution in [0.5, 0.6) is 5.75 Å². The number of amides is 1. The van der Waals surface area contributed by atoms with Gasteiger partial charge in [0.05, 0.1) is 46.4 Å². The number of aromatic nitrogens is 6. The first-order valence-corrected chi connectivity index (χ1v) is 19.6. The smallest absolute Gasteiger partial charge is 0.293 e. The number of hydrogen-bond donors (Lipinski definition) is 2. The summed E-state index contributed by atoms with van der Waals surface area (Å²) in [7, 11) is -1.71. The van der Waals surface area contributed by atoms with Crippen LogP contribution in [0.15, 0.2) is 41.2 Å². The van der Waals surface area contributed by atoms with E-state index in [0.29, 0.717) is 16.8 Å². The SMILES string of the molecule is COc1c(F)cc2c(=O)n(-c3ccc(Cl)c4c(NS(C)(=O)=O)nn(C)c34)c([C@H](Cc3cc(F)cc(F)c3)NC(=O)Cn3nc(C(F)F)c4c3C(F)(F)[C@@H]3C[C@H]43)nc2c1F. The molecule has 1 fully saturated rings. The fraction of sp³-hybridized carbons (Fsp3) is 0.306. The highest BCUT2D eigenvalue weighted by atomic mass is 35.5. The Morgan fingerprint density at radius 2 is 1.78 bits per heavy atom. The van der Waals surface area contributed by atoms with E-state index in [1.54, 1.807) is 0 Å². The molecular formula is C36H27ClF8N8O5S. The molecule has 3 aromatic heterocycles. The number of rotatable bonds is 11. The first-order chi connectivity index (χ1) is 27.7. The minimum atomic E-state index is -3.99. The lowest BCUT2D eigenvalue weighted by Gasteiger charge is -2.24. The second-order valence-corrected chi connectivity index (χ2v) is 16.3. The Bertz CT molecular complexity index is 2940. The number of carbonyl (C=O) groups excluding carboxylic acids is 1. The highest BCUT2D eigenvalue weighted by Crippen LogP contribution is 2.68. The predicted octanol–water partition coefficient (Wildman–Crippen LogP) is 6.31. The number of alkyl halides is 4. The van der Waals surface area contributed by atoms with Crippen LogP contribution in [-0.4, -0.2) is 56.8 Å². The lowest BCUT2D eigenvalue weighted by Crippen LogP contribution is -2.38. The van der Waals surface area contributed by atoms with E-state index in [0.717, 1.165) is 34.7 Å². The number of anilines is 1. The molecule has 13 nitrogen and oxygen atoms in total. The number of hydrogen-bond acceptors (Lipinski definition) is 8. The topological polar surface area (TPSA) is 155 Å². The number of nitrogens with zero attached hydrogens (tertiary/aromatic N) is 6. The molecule has 59 heavy (non-hydrogen) atoms. The van der Waals surface area contributed by atoms with Crippen LogP contribution in [0, 0.1) is 29.2 Å². The van der Waals surface area contributed by atoms with Gasteiger partial charge in [-0.25, -0.2) is 39.7 Å². The highest BCUT2D eigenvalue weighted by molar-refractivity contribution is 7.92. The van der Waals surface area contributed by atoms with Crippen molar-refractivity contribution in [2.24, 2.45) is 13.0 Å². The van der Waals surface area contributed by atoms with Crippen LogP contribution in [0.4, 0.5) is 40.9 Å².